The number of hydrogen-bond acceptors (Lipinski definition) is 5. The fourth-order valence-electron chi connectivity index (χ4n) is 3.23. The van der Waals surface area contributed by atoms with Gasteiger partial charge >= 0.3 is 0 Å². The van der Waals surface area contributed by atoms with Gasteiger partial charge in [0.2, 0.25) is 0 Å². The Bertz CT molecular complexity index is 1130. The summed E-state index contributed by atoms with van der Waals surface area (Å²) >= 11 is 0. The summed E-state index contributed by atoms with van der Waals surface area (Å²) in [5.74, 6) is 0.412. The number of rotatable bonds is 8. The van der Waals surface area contributed by atoms with Gasteiger partial charge in [-0.1, -0.05) is 25.1 Å². The van der Waals surface area contributed by atoms with Crippen LogP contribution >= 0.6 is 0 Å². The molecule has 0 fully saturated rings. The number of carbonyl (C=O) groups excluding carboxylic acids is 2. The van der Waals surface area contributed by atoms with Crippen molar-refractivity contribution in [2.45, 2.75) is 20.3 Å². The molecule has 2 aromatic carbocycles. The number of nitrogens with one attached hydrogen (secondary N) is 2. The Morgan fingerprint density at radius 2 is 1.81 bits per heavy atom. The molecule has 0 saturated carbocycles. The summed E-state index contributed by atoms with van der Waals surface area (Å²) in [5, 5.41) is 5.62. The van der Waals surface area contributed by atoms with Crippen molar-refractivity contribution in [1.29, 1.82) is 0 Å². The lowest BCUT2D eigenvalue weighted by molar-refractivity contribution is -0.113. The molecule has 0 aliphatic rings. The number of anilines is 1. The molecule has 166 valence electrons. The summed E-state index contributed by atoms with van der Waals surface area (Å²) in [4.78, 5) is 26.1. The second-order valence-electron chi connectivity index (χ2n) is 7.01. The molecule has 0 unspecified atom stereocenters. The summed E-state index contributed by atoms with van der Waals surface area (Å²) in [6.45, 7) is 3.94. The average Bonchev–Trinajstić information content (AvgIpc) is 3.32. The number of para-hydroxylation sites is 1. The molecule has 7 heteroatoms. The molecular formula is C25H26N2O5. The minimum absolute atomic E-state index is 0.0463. The predicted octanol–water partition coefficient (Wildman–Crippen LogP) is 4.58. The number of benzene rings is 2. The minimum Gasteiger partial charge on any atom is -0.493 e. The largest absolute Gasteiger partial charge is 0.493 e. The molecule has 7 nitrogen and oxygen atoms in total. The van der Waals surface area contributed by atoms with Crippen LogP contribution in [0.15, 0.2) is 64.9 Å². The Labute approximate surface area is 187 Å². The topological polar surface area (TPSA) is 89.8 Å². The highest BCUT2D eigenvalue weighted by atomic mass is 16.5. The molecule has 1 heterocycles. The second kappa shape index (κ2) is 10.3. The zero-order valence-electron chi connectivity index (χ0n) is 18.5. The van der Waals surface area contributed by atoms with Gasteiger partial charge in [0.05, 0.1) is 20.5 Å². The van der Waals surface area contributed by atoms with Crippen LogP contribution < -0.4 is 20.1 Å². The van der Waals surface area contributed by atoms with Crippen molar-refractivity contribution in [2.75, 3.05) is 19.5 Å². The summed E-state index contributed by atoms with van der Waals surface area (Å²) in [6.07, 6.45) is 3.73. The van der Waals surface area contributed by atoms with Crippen molar-refractivity contribution in [1.82, 2.24) is 5.32 Å². The first-order valence-corrected chi connectivity index (χ1v) is 10.1. The van der Waals surface area contributed by atoms with Gasteiger partial charge in [0, 0.05) is 17.3 Å². The Hall–Kier alpha value is -4.00. The van der Waals surface area contributed by atoms with Gasteiger partial charge in [-0.25, -0.2) is 0 Å². The van der Waals surface area contributed by atoms with Crippen molar-refractivity contribution in [3.05, 3.63) is 82.9 Å². The molecular weight excluding hydrogens is 408 g/mol. The lowest BCUT2D eigenvalue weighted by atomic mass is 10.1. The zero-order valence-corrected chi connectivity index (χ0v) is 18.5. The number of carbonyl (C=O) groups is 2. The number of amides is 2. The van der Waals surface area contributed by atoms with E-state index in [9.17, 15) is 9.59 Å². The van der Waals surface area contributed by atoms with E-state index in [1.54, 1.807) is 30.3 Å². The first kappa shape index (κ1) is 22.7. The minimum atomic E-state index is -0.473. The van der Waals surface area contributed by atoms with E-state index in [1.807, 2.05) is 32.0 Å². The highest BCUT2D eigenvalue weighted by Crippen LogP contribution is 2.28. The van der Waals surface area contributed by atoms with Crippen LogP contribution in [-0.2, 0) is 11.2 Å². The van der Waals surface area contributed by atoms with Gasteiger partial charge in [-0.3, -0.25) is 9.59 Å². The standard InChI is InChI=1S/C25H26N2O5/c1-5-17-9-6-8-16(2)23(17)27-25(29)20(15-19-10-7-13-32-19)26-24(28)18-11-12-21(30-3)22(14-18)31-4/h6-15H,5H2,1-4H3,(H,26,28)(H,27,29)/b20-15-. The average molecular weight is 434 g/mol. The van der Waals surface area contributed by atoms with Gasteiger partial charge in [-0.2, -0.15) is 0 Å². The van der Waals surface area contributed by atoms with Crippen LogP contribution in [0.2, 0.25) is 0 Å². The molecule has 32 heavy (non-hydrogen) atoms. The van der Waals surface area contributed by atoms with Crippen LogP contribution in [0.3, 0.4) is 0 Å². The van der Waals surface area contributed by atoms with Crippen LogP contribution in [0.5, 0.6) is 11.5 Å². The highest BCUT2D eigenvalue weighted by molar-refractivity contribution is 6.11. The van der Waals surface area contributed by atoms with Crippen molar-refractivity contribution in [3.63, 3.8) is 0 Å². The summed E-state index contributed by atoms with van der Waals surface area (Å²) in [7, 11) is 3.00. The van der Waals surface area contributed by atoms with E-state index in [0.29, 0.717) is 22.8 Å². The number of ether oxygens (including phenoxy) is 2. The quantitative estimate of drug-likeness (QED) is 0.507. The van der Waals surface area contributed by atoms with Crippen molar-refractivity contribution in [3.8, 4) is 11.5 Å². The molecule has 0 aliphatic heterocycles. The number of methoxy groups -OCH3 is 2. The van der Waals surface area contributed by atoms with E-state index in [1.165, 1.54) is 26.6 Å². The molecule has 0 bridgehead atoms. The first-order chi connectivity index (χ1) is 15.5. The molecule has 1 aromatic heterocycles. The van der Waals surface area contributed by atoms with Crippen molar-refractivity contribution in [2.24, 2.45) is 0 Å². The summed E-state index contributed by atoms with van der Waals surface area (Å²) in [6, 6.07) is 14.0. The molecule has 0 radical (unpaired) electrons. The number of hydrogen-bond donors (Lipinski definition) is 2. The van der Waals surface area contributed by atoms with Crippen LogP contribution in [0, 0.1) is 6.92 Å². The molecule has 3 aromatic rings. The molecule has 0 atom stereocenters. The van der Waals surface area contributed by atoms with Gasteiger partial charge in [0.15, 0.2) is 11.5 Å². The third-order valence-electron chi connectivity index (χ3n) is 4.95. The number of furan rings is 1. The van der Waals surface area contributed by atoms with E-state index in [4.69, 9.17) is 13.9 Å². The van der Waals surface area contributed by atoms with Gasteiger partial charge in [0.1, 0.15) is 11.5 Å². The van der Waals surface area contributed by atoms with Crippen LogP contribution in [-0.4, -0.2) is 26.0 Å². The molecule has 0 aliphatic carbocycles. The maximum absolute atomic E-state index is 13.2. The molecule has 0 saturated heterocycles. The molecule has 3 rings (SSSR count). The molecule has 2 amide bonds. The van der Waals surface area contributed by atoms with Crippen LogP contribution in [0.4, 0.5) is 5.69 Å². The SMILES string of the molecule is CCc1cccc(C)c1NC(=O)/C(=C/c1ccco1)NC(=O)c1ccc(OC)c(OC)c1. The van der Waals surface area contributed by atoms with Gasteiger partial charge in [-0.15, -0.1) is 0 Å². The Morgan fingerprint density at radius 1 is 1.03 bits per heavy atom. The van der Waals surface area contributed by atoms with E-state index in [2.05, 4.69) is 10.6 Å². The monoisotopic (exact) mass is 434 g/mol. The van der Waals surface area contributed by atoms with Gasteiger partial charge < -0.3 is 24.5 Å². The van der Waals surface area contributed by atoms with Gasteiger partial charge in [-0.05, 0) is 54.8 Å². The second-order valence-corrected chi connectivity index (χ2v) is 7.01. The highest BCUT2D eigenvalue weighted by Gasteiger charge is 2.18. The van der Waals surface area contributed by atoms with Crippen LogP contribution in [0.1, 0.15) is 34.2 Å². The van der Waals surface area contributed by atoms with Crippen molar-refractivity contribution < 1.29 is 23.5 Å². The van der Waals surface area contributed by atoms with E-state index in [0.717, 1.165) is 23.2 Å². The molecule has 0 spiro atoms. The predicted molar refractivity (Wildman–Crippen MR) is 123 cm³/mol. The fraction of sp³-hybridized carbons (Fsp3) is 0.200. The summed E-state index contributed by atoms with van der Waals surface area (Å²) in [5.41, 5.74) is 3.02. The Kier molecular flexibility index (Phi) is 7.33. The van der Waals surface area contributed by atoms with E-state index < -0.39 is 11.8 Å². The first-order valence-electron chi connectivity index (χ1n) is 10.1. The molecule has 2 N–H and O–H groups in total. The van der Waals surface area contributed by atoms with E-state index >= 15 is 0 Å². The Morgan fingerprint density at radius 3 is 2.47 bits per heavy atom. The lowest BCUT2D eigenvalue weighted by Crippen LogP contribution is -2.31. The maximum atomic E-state index is 13.2. The summed E-state index contributed by atoms with van der Waals surface area (Å²) < 4.78 is 15.8. The van der Waals surface area contributed by atoms with E-state index in [-0.39, 0.29) is 5.70 Å². The fourth-order valence-corrected chi connectivity index (χ4v) is 3.23. The normalized spacial score (nSPS) is 11.1. The van der Waals surface area contributed by atoms with Crippen LogP contribution in [0.25, 0.3) is 6.08 Å². The van der Waals surface area contributed by atoms with Crippen molar-refractivity contribution >= 4 is 23.6 Å². The Balaban J connectivity index is 1.91. The third-order valence-corrected chi connectivity index (χ3v) is 4.95. The maximum Gasteiger partial charge on any atom is 0.272 e. The van der Waals surface area contributed by atoms with Gasteiger partial charge in [0.25, 0.3) is 11.8 Å². The third kappa shape index (κ3) is 5.18. The lowest BCUT2D eigenvalue weighted by Gasteiger charge is -2.15. The smallest absolute Gasteiger partial charge is 0.272 e. The number of aryl methyl sites for hydroxylation is 2. The zero-order chi connectivity index (χ0) is 23.1.